The molecular formula is C16H20N4O2. The van der Waals surface area contributed by atoms with Crippen molar-refractivity contribution in [2.24, 2.45) is 0 Å². The zero-order valence-corrected chi connectivity index (χ0v) is 12.7. The Morgan fingerprint density at radius 2 is 2.23 bits per heavy atom. The first kappa shape index (κ1) is 14.7. The third-order valence-corrected chi connectivity index (χ3v) is 4.02. The molecule has 1 atom stereocenters. The Hall–Kier alpha value is -2.21. The molecular weight excluding hydrogens is 280 g/mol. The second kappa shape index (κ2) is 6.27. The number of aromatic nitrogens is 2. The van der Waals surface area contributed by atoms with E-state index in [1.807, 2.05) is 23.1 Å². The number of piperazine rings is 1. The van der Waals surface area contributed by atoms with Crippen LogP contribution in [-0.4, -0.2) is 46.0 Å². The fraction of sp³-hybridized carbons (Fsp3) is 0.438. The van der Waals surface area contributed by atoms with Gasteiger partial charge in [-0.15, -0.1) is 0 Å². The number of nitrogens with one attached hydrogen (secondary N) is 1. The molecule has 6 heteroatoms. The Labute approximate surface area is 128 Å². The molecule has 0 spiro atoms. The van der Waals surface area contributed by atoms with E-state index in [2.05, 4.69) is 17.2 Å². The molecule has 0 radical (unpaired) electrons. The summed E-state index contributed by atoms with van der Waals surface area (Å²) >= 11 is 0. The minimum atomic E-state index is -0.0907. The first-order valence-electron chi connectivity index (χ1n) is 7.60. The predicted molar refractivity (Wildman–Crippen MR) is 84.7 cm³/mol. The van der Waals surface area contributed by atoms with Crippen LogP contribution in [-0.2, 0) is 11.3 Å². The lowest BCUT2D eigenvalue weighted by Crippen LogP contribution is -2.51. The molecule has 2 aromatic rings. The summed E-state index contributed by atoms with van der Waals surface area (Å²) in [5.41, 5.74) is 0.595. The molecule has 0 bridgehead atoms. The van der Waals surface area contributed by atoms with Crippen molar-refractivity contribution >= 4 is 16.8 Å². The maximum atomic E-state index is 12.4. The molecule has 1 aliphatic heterocycles. The summed E-state index contributed by atoms with van der Waals surface area (Å²) in [5.74, 6) is 0.0911. The fourth-order valence-corrected chi connectivity index (χ4v) is 2.80. The summed E-state index contributed by atoms with van der Waals surface area (Å²) in [6.45, 7) is 4.72. The number of carbonyl (C=O) groups excluding carboxylic acids is 1. The van der Waals surface area contributed by atoms with Crippen LogP contribution in [0.4, 0.5) is 0 Å². The lowest BCUT2D eigenvalue weighted by Gasteiger charge is -2.32. The van der Waals surface area contributed by atoms with Crippen LogP contribution in [0.5, 0.6) is 0 Å². The number of carbonyl (C=O) groups is 1. The largest absolute Gasteiger partial charge is 0.340 e. The van der Waals surface area contributed by atoms with E-state index < -0.39 is 0 Å². The van der Waals surface area contributed by atoms with Crippen molar-refractivity contribution < 1.29 is 4.79 Å². The van der Waals surface area contributed by atoms with Crippen LogP contribution >= 0.6 is 0 Å². The third kappa shape index (κ3) is 3.01. The van der Waals surface area contributed by atoms with E-state index in [4.69, 9.17) is 0 Å². The van der Waals surface area contributed by atoms with E-state index in [1.54, 1.807) is 6.07 Å². The highest BCUT2D eigenvalue weighted by atomic mass is 16.2. The summed E-state index contributed by atoms with van der Waals surface area (Å²) in [6, 6.07) is 7.58. The van der Waals surface area contributed by atoms with Gasteiger partial charge in [0.25, 0.3) is 5.56 Å². The van der Waals surface area contributed by atoms with E-state index in [0.717, 1.165) is 19.6 Å². The van der Waals surface area contributed by atoms with Crippen molar-refractivity contribution in [2.75, 3.05) is 19.6 Å². The van der Waals surface area contributed by atoms with Gasteiger partial charge in [-0.25, -0.2) is 4.98 Å². The lowest BCUT2D eigenvalue weighted by atomic mass is 10.2. The molecule has 0 unspecified atom stereocenters. The van der Waals surface area contributed by atoms with Crippen molar-refractivity contribution in [3.05, 3.63) is 40.9 Å². The Morgan fingerprint density at radius 3 is 3.05 bits per heavy atom. The van der Waals surface area contributed by atoms with Gasteiger partial charge < -0.3 is 10.2 Å². The molecule has 3 rings (SSSR count). The first-order chi connectivity index (χ1) is 10.6. The minimum Gasteiger partial charge on any atom is -0.340 e. The standard InChI is InChI=1S/C16H20N4O2/c1-12-10-19(9-7-17-12)15(21)6-8-20-11-18-14-5-3-2-4-13(14)16(20)22/h2-5,11-12,17H,6-10H2,1H3/t12-/m1/s1. The van der Waals surface area contributed by atoms with Gasteiger partial charge in [0.1, 0.15) is 0 Å². The van der Waals surface area contributed by atoms with Crippen LogP contribution in [0.15, 0.2) is 35.4 Å². The van der Waals surface area contributed by atoms with Crippen LogP contribution in [0.25, 0.3) is 10.9 Å². The Balaban J connectivity index is 1.70. The Bertz CT molecular complexity index is 740. The summed E-state index contributed by atoms with van der Waals surface area (Å²) in [7, 11) is 0. The van der Waals surface area contributed by atoms with Crippen LogP contribution in [0.2, 0.25) is 0 Å². The van der Waals surface area contributed by atoms with E-state index in [0.29, 0.717) is 29.9 Å². The molecule has 1 fully saturated rings. The number of fused-ring (bicyclic) bond motifs is 1. The van der Waals surface area contributed by atoms with Crippen molar-refractivity contribution in [3.8, 4) is 0 Å². The quantitative estimate of drug-likeness (QED) is 0.902. The van der Waals surface area contributed by atoms with Crippen molar-refractivity contribution in [3.63, 3.8) is 0 Å². The van der Waals surface area contributed by atoms with Gasteiger partial charge >= 0.3 is 0 Å². The highest BCUT2D eigenvalue weighted by Crippen LogP contribution is 2.06. The molecule has 116 valence electrons. The van der Waals surface area contributed by atoms with Gasteiger partial charge in [-0.1, -0.05) is 12.1 Å². The van der Waals surface area contributed by atoms with Crippen LogP contribution < -0.4 is 10.9 Å². The Morgan fingerprint density at radius 1 is 1.41 bits per heavy atom. The topological polar surface area (TPSA) is 67.2 Å². The second-order valence-corrected chi connectivity index (χ2v) is 5.71. The molecule has 1 aliphatic rings. The van der Waals surface area contributed by atoms with E-state index in [9.17, 15) is 9.59 Å². The molecule has 1 aromatic carbocycles. The van der Waals surface area contributed by atoms with Gasteiger partial charge in [-0.3, -0.25) is 14.2 Å². The number of rotatable bonds is 3. The number of hydrogen-bond acceptors (Lipinski definition) is 4. The molecule has 22 heavy (non-hydrogen) atoms. The van der Waals surface area contributed by atoms with Crippen LogP contribution in [0, 0.1) is 0 Å². The lowest BCUT2D eigenvalue weighted by molar-refractivity contribution is -0.132. The molecule has 0 aliphatic carbocycles. The summed E-state index contributed by atoms with van der Waals surface area (Å²) < 4.78 is 1.52. The molecule has 1 saturated heterocycles. The van der Waals surface area contributed by atoms with Gasteiger partial charge in [0, 0.05) is 38.6 Å². The highest BCUT2D eigenvalue weighted by molar-refractivity contribution is 5.77. The predicted octanol–water partition coefficient (Wildman–Crippen LogP) is 0.607. The van der Waals surface area contributed by atoms with Crippen LogP contribution in [0.3, 0.4) is 0 Å². The van der Waals surface area contributed by atoms with Crippen molar-refractivity contribution in [1.29, 1.82) is 0 Å². The zero-order valence-electron chi connectivity index (χ0n) is 12.7. The number of amides is 1. The fourth-order valence-electron chi connectivity index (χ4n) is 2.80. The number of nitrogens with zero attached hydrogens (tertiary/aromatic N) is 3. The number of aryl methyl sites for hydroxylation is 1. The maximum Gasteiger partial charge on any atom is 0.261 e. The number of para-hydroxylation sites is 1. The third-order valence-electron chi connectivity index (χ3n) is 4.02. The Kier molecular flexibility index (Phi) is 4.20. The van der Waals surface area contributed by atoms with E-state index in [-0.39, 0.29) is 11.5 Å². The number of benzene rings is 1. The van der Waals surface area contributed by atoms with Crippen LogP contribution in [0.1, 0.15) is 13.3 Å². The van der Waals surface area contributed by atoms with Crippen molar-refractivity contribution in [1.82, 2.24) is 19.8 Å². The number of hydrogen-bond donors (Lipinski definition) is 1. The molecule has 6 nitrogen and oxygen atoms in total. The monoisotopic (exact) mass is 300 g/mol. The zero-order chi connectivity index (χ0) is 15.5. The molecule has 0 saturated carbocycles. The molecule has 2 heterocycles. The molecule has 1 amide bonds. The average molecular weight is 300 g/mol. The second-order valence-electron chi connectivity index (χ2n) is 5.71. The maximum absolute atomic E-state index is 12.4. The van der Waals surface area contributed by atoms with Gasteiger partial charge in [-0.2, -0.15) is 0 Å². The van der Waals surface area contributed by atoms with Gasteiger partial charge in [0.2, 0.25) is 5.91 Å². The SMILES string of the molecule is C[C@@H]1CN(C(=O)CCn2cnc3ccccc3c2=O)CCN1. The molecule has 1 aromatic heterocycles. The van der Waals surface area contributed by atoms with E-state index in [1.165, 1.54) is 10.9 Å². The summed E-state index contributed by atoms with van der Waals surface area (Å²) in [4.78, 5) is 30.7. The van der Waals surface area contributed by atoms with Gasteiger partial charge in [0.15, 0.2) is 0 Å². The minimum absolute atomic E-state index is 0.0907. The molecule has 1 N–H and O–H groups in total. The normalized spacial score (nSPS) is 18.6. The first-order valence-corrected chi connectivity index (χ1v) is 7.60. The van der Waals surface area contributed by atoms with Gasteiger partial charge in [0.05, 0.1) is 17.2 Å². The average Bonchev–Trinajstić information content (AvgIpc) is 2.54. The summed E-state index contributed by atoms with van der Waals surface area (Å²) in [5, 5.41) is 3.90. The summed E-state index contributed by atoms with van der Waals surface area (Å²) in [6.07, 6.45) is 1.85. The van der Waals surface area contributed by atoms with Gasteiger partial charge in [-0.05, 0) is 19.1 Å². The smallest absolute Gasteiger partial charge is 0.261 e. The van der Waals surface area contributed by atoms with Crippen molar-refractivity contribution in [2.45, 2.75) is 25.9 Å². The highest BCUT2D eigenvalue weighted by Gasteiger charge is 2.20. The van der Waals surface area contributed by atoms with E-state index >= 15 is 0 Å².